The number of hydrogen-bond acceptors (Lipinski definition) is 3. The van der Waals surface area contributed by atoms with Crippen molar-refractivity contribution in [2.24, 2.45) is 5.92 Å². The van der Waals surface area contributed by atoms with Crippen LogP contribution in [0.15, 0.2) is 102 Å². The van der Waals surface area contributed by atoms with E-state index in [0.717, 1.165) is 50.0 Å². The molecule has 5 rings (SSSR count). The van der Waals surface area contributed by atoms with E-state index < -0.39 is 0 Å². The number of allylic oxidation sites excluding steroid dienone is 6. The average molecular weight is 519 g/mol. The Morgan fingerprint density at radius 1 is 1.18 bits per heavy atom. The van der Waals surface area contributed by atoms with Gasteiger partial charge in [-0.25, -0.2) is 0 Å². The third-order valence-electron chi connectivity index (χ3n) is 7.31. The summed E-state index contributed by atoms with van der Waals surface area (Å²) in [7, 11) is 0. The van der Waals surface area contributed by atoms with E-state index >= 15 is 0 Å². The third kappa shape index (κ3) is 5.02. The Hall–Kier alpha value is -4.09. The molecule has 38 heavy (non-hydrogen) atoms. The van der Waals surface area contributed by atoms with E-state index in [9.17, 15) is 0 Å². The van der Waals surface area contributed by atoms with Crippen molar-refractivity contribution in [3.63, 3.8) is 0 Å². The van der Waals surface area contributed by atoms with Gasteiger partial charge in [0.25, 0.3) is 0 Å². The Bertz CT molecular complexity index is 1680. The van der Waals surface area contributed by atoms with Crippen molar-refractivity contribution >= 4 is 34.4 Å². The number of thiophene rings is 1. The van der Waals surface area contributed by atoms with E-state index in [-0.39, 0.29) is 0 Å². The molecule has 0 aliphatic heterocycles. The lowest BCUT2D eigenvalue weighted by Gasteiger charge is -2.28. The fraction of sp³-hybridized carbons (Fsp3) is 0.182. The summed E-state index contributed by atoms with van der Waals surface area (Å²) in [5.41, 5.74) is 9.26. The fourth-order valence-corrected chi connectivity index (χ4v) is 5.52. The molecule has 3 N–H and O–H groups in total. The Morgan fingerprint density at radius 3 is 2.68 bits per heavy atom. The highest BCUT2D eigenvalue weighted by Gasteiger charge is 2.20. The summed E-state index contributed by atoms with van der Waals surface area (Å²) in [6.07, 6.45) is 13.8. The minimum atomic E-state index is 0.551. The largest absolute Gasteiger partial charge is 0.359 e. The molecule has 4 nitrogen and oxygen atoms in total. The number of aromatic nitrogens is 3. The molecule has 0 spiro atoms. The maximum Gasteiger partial charge on any atom is 0.116 e. The topological polar surface area (TPSA) is 56.5 Å². The minimum Gasteiger partial charge on any atom is -0.359 e. The Labute approximate surface area is 228 Å². The van der Waals surface area contributed by atoms with Gasteiger partial charge in [-0.15, -0.1) is 0 Å². The Balaban J connectivity index is 1.52. The van der Waals surface area contributed by atoms with Crippen LogP contribution in [0.4, 0.5) is 0 Å². The summed E-state index contributed by atoms with van der Waals surface area (Å²) in [6.45, 7) is 16.7. The van der Waals surface area contributed by atoms with Crippen LogP contribution in [-0.4, -0.2) is 15.2 Å². The number of nitrogens with zero attached hydrogens (tertiary/aromatic N) is 1. The van der Waals surface area contributed by atoms with Crippen molar-refractivity contribution in [3.8, 4) is 22.5 Å². The summed E-state index contributed by atoms with van der Waals surface area (Å²) in [5.74, 6) is 0.551. The lowest BCUT2D eigenvalue weighted by molar-refractivity contribution is 0.356. The molecule has 0 atom stereocenters. The van der Waals surface area contributed by atoms with Crippen molar-refractivity contribution in [1.29, 1.82) is 0 Å². The summed E-state index contributed by atoms with van der Waals surface area (Å²) in [6, 6.07) is 10.7. The van der Waals surface area contributed by atoms with E-state index in [1.165, 1.54) is 35.8 Å². The van der Waals surface area contributed by atoms with Crippen LogP contribution >= 0.6 is 11.3 Å². The van der Waals surface area contributed by atoms with Gasteiger partial charge >= 0.3 is 0 Å². The molecule has 0 radical (unpaired) electrons. The van der Waals surface area contributed by atoms with Crippen molar-refractivity contribution in [1.82, 2.24) is 20.5 Å². The van der Waals surface area contributed by atoms with Crippen molar-refractivity contribution in [2.75, 3.05) is 0 Å². The van der Waals surface area contributed by atoms with Crippen LogP contribution in [0.5, 0.6) is 0 Å². The molecule has 1 fully saturated rings. The van der Waals surface area contributed by atoms with Crippen LogP contribution in [0.2, 0.25) is 0 Å². The molecule has 192 valence electrons. The van der Waals surface area contributed by atoms with Crippen LogP contribution in [0, 0.1) is 5.92 Å². The zero-order valence-electron chi connectivity index (χ0n) is 22.1. The first-order valence-corrected chi connectivity index (χ1v) is 14.0. The number of aromatic amines is 2. The number of rotatable bonds is 9. The standard InChI is InChI=1S/C33H34N4S/c1-6-23(18-26(7-2)34-22(5)24-11-9-12-24)21(4)17-29-30(8-3)36-37-33(29)32-19-28-27(25-15-16-38-20-25)13-10-14-31(28)35-32/h6-8,10,13-20,24,34-36H,2,4-5,9,11-12H2,1,3H3/b23-6+,26-18+,29-17+,30-8+. The highest BCUT2D eigenvalue weighted by Crippen LogP contribution is 2.33. The van der Waals surface area contributed by atoms with Crippen LogP contribution in [-0.2, 0) is 0 Å². The molecule has 4 aromatic rings. The third-order valence-corrected chi connectivity index (χ3v) is 7.99. The molecule has 1 aliphatic rings. The van der Waals surface area contributed by atoms with Crippen LogP contribution < -0.4 is 15.9 Å². The lowest BCUT2D eigenvalue weighted by Crippen LogP contribution is -2.24. The van der Waals surface area contributed by atoms with E-state index in [1.54, 1.807) is 11.3 Å². The fourth-order valence-electron chi connectivity index (χ4n) is 4.86. The van der Waals surface area contributed by atoms with Gasteiger partial charge in [-0.1, -0.05) is 50.4 Å². The molecular weight excluding hydrogens is 484 g/mol. The average Bonchev–Trinajstić information content (AvgIpc) is 3.64. The molecule has 0 saturated heterocycles. The second kappa shape index (κ2) is 11.1. The van der Waals surface area contributed by atoms with Gasteiger partial charge in [0.1, 0.15) is 5.69 Å². The van der Waals surface area contributed by atoms with Crippen LogP contribution in [0.3, 0.4) is 0 Å². The SMILES string of the molecule is C=C/C(=C\C(=C/C)C(=C)/C=c1/c(-c2cc3c(-c4ccsc4)cccc3[nH]2)n[nH]/c1=C/C)NC(=C)C1CCC1. The van der Waals surface area contributed by atoms with Gasteiger partial charge in [0.05, 0.1) is 11.0 Å². The molecule has 1 saturated carbocycles. The van der Waals surface area contributed by atoms with E-state index in [0.29, 0.717) is 5.92 Å². The van der Waals surface area contributed by atoms with Crippen molar-refractivity contribution in [2.45, 2.75) is 33.1 Å². The summed E-state index contributed by atoms with van der Waals surface area (Å²) < 4.78 is 0. The number of benzene rings is 1. The van der Waals surface area contributed by atoms with Crippen LogP contribution in [0.1, 0.15) is 33.1 Å². The van der Waals surface area contributed by atoms with Gasteiger partial charge in [-0.2, -0.15) is 16.4 Å². The molecule has 5 heteroatoms. The summed E-state index contributed by atoms with van der Waals surface area (Å²) in [4.78, 5) is 3.59. The second-order valence-electron chi connectivity index (χ2n) is 9.65. The normalized spacial score (nSPS) is 15.6. The molecular formula is C33H34N4S. The second-order valence-corrected chi connectivity index (χ2v) is 10.4. The summed E-state index contributed by atoms with van der Waals surface area (Å²) in [5, 5.41) is 18.8. The van der Waals surface area contributed by atoms with Crippen molar-refractivity contribution < 1.29 is 0 Å². The van der Waals surface area contributed by atoms with Gasteiger partial charge in [0.2, 0.25) is 0 Å². The smallest absolute Gasteiger partial charge is 0.116 e. The van der Waals surface area contributed by atoms with Crippen molar-refractivity contribution in [3.05, 3.63) is 112 Å². The van der Waals surface area contributed by atoms with Gasteiger partial charge in [-0.05, 0) is 102 Å². The summed E-state index contributed by atoms with van der Waals surface area (Å²) >= 11 is 1.71. The number of H-pyrrole nitrogens is 2. The van der Waals surface area contributed by atoms with Gasteiger partial charge in [0.15, 0.2) is 0 Å². The van der Waals surface area contributed by atoms with Gasteiger partial charge in [0, 0.05) is 27.5 Å². The predicted octanol–water partition coefficient (Wildman–Crippen LogP) is 7.34. The molecule has 3 aromatic heterocycles. The Morgan fingerprint density at radius 2 is 2.03 bits per heavy atom. The first-order valence-electron chi connectivity index (χ1n) is 13.0. The first kappa shape index (κ1) is 25.6. The van der Waals surface area contributed by atoms with Crippen LogP contribution in [0.25, 0.3) is 45.6 Å². The van der Waals surface area contributed by atoms with E-state index in [4.69, 9.17) is 5.10 Å². The van der Waals surface area contributed by atoms with E-state index in [2.05, 4.69) is 94.5 Å². The zero-order chi connectivity index (χ0) is 26.6. The quantitative estimate of drug-likeness (QED) is 0.203. The number of nitrogens with one attached hydrogen (secondary N) is 3. The number of hydrogen-bond donors (Lipinski definition) is 3. The molecule has 1 aromatic carbocycles. The van der Waals surface area contributed by atoms with Gasteiger partial charge < -0.3 is 10.3 Å². The molecule has 0 bridgehead atoms. The molecule has 3 heterocycles. The highest BCUT2D eigenvalue weighted by molar-refractivity contribution is 7.08. The maximum atomic E-state index is 4.70. The Kier molecular flexibility index (Phi) is 7.47. The highest BCUT2D eigenvalue weighted by atomic mass is 32.1. The molecule has 0 unspecified atom stereocenters. The first-order chi connectivity index (χ1) is 18.5. The number of fused-ring (bicyclic) bond motifs is 1. The minimum absolute atomic E-state index is 0.551. The lowest BCUT2D eigenvalue weighted by atomic mass is 9.83. The zero-order valence-corrected chi connectivity index (χ0v) is 22.9. The van der Waals surface area contributed by atoms with Gasteiger partial charge in [-0.3, -0.25) is 5.10 Å². The monoisotopic (exact) mass is 518 g/mol. The molecule has 1 aliphatic carbocycles. The maximum absolute atomic E-state index is 4.70. The molecule has 0 amide bonds. The predicted molar refractivity (Wildman–Crippen MR) is 164 cm³/mol. The van der Waals surface area contributed by atoms with E-state index in [1.807, 2.05) is 26.0 Å².